The fourth-order valence-electron chi connectivity index (χ4n) is 2.25. The second kappa shape index (κ2) is 8.79. The van der Waals surface area contributed by atoms with E-state index in [9.17, 15) is 4.79 Å². The molecule has 0 saturated carbocycles. The molecule has 0 atom stereocenters. The van der Waals surface area contributed by atoms with Gasteiger partial charge in [0.15, 0.2) is 5.78 Å². The average molecular weight is 381 g/mol. The molecule has 6 heteroatoms. The van der Waals surface area contributed by atoms with Gasteiger partial charge in [0.1, 0.15) is 17.2 Å². The summed E-state index contributed by atoms with van der Waals surface area (Å²) in [5.74, 6) is 1.31. The molecule has 4 nitrogen and oxygen atoms in total. The summed E-state index contributed by atoms with van der Waals surface area (Å²) in [4.78, 5) is 12.6. The Bertz CT molecular complexity index is 800. The normalized spacial score (nSPS) is 10.8. The summed E-state index contributed by atoms with van der Waals surface area (Å²) in [5.41, 5.74) is 1.05. The summed E-state index contributed by atoms with van der Waals surface area (Å²) in [6.07, 6.45) is 3.08. The fourth-order valence-corrected chi connectivity index (χ4v) is 2.79. The first kappa shape index (κ1) is 19.2. The van der Waals surface area contributed by atoms with Crippen LogP contribution < -0.4 is 14.2 Å². The number of carbonyl (C=O) groups is 1. The van der Waals surface area contributed by atoms with Gasteiger partial charge < -0.3 is 14.2 Å². The van der Waals surface area contributed by atoms with Crippen LogP contribution >= 0.6 is 23.2 Å². The Hall–Kier alpha value is -2.17. The lowest BCUT2D eigenvalue weighted by molar-refractivity contribution is 0.104. The number of hydrogen-bond acceptors (Lipinski definition) is 4. The van der Waals surface area contributed by atoms with Crippen molar-refractivity contribution in [2.24, 2.45) is 0 Å². The second-order valence-corrected chi connectivity index (χ2v) is 5.85. The fraction of sp³-hybridized carbons (Fsp3) is 0.211. The standard InChI is InChI=1S/C19H18Cl2O4/c1-4-25-19-15(9-13(20)10-16(19)21)17(22)8-6-12-5-7-14(23-2)11-18(12)24-3/h5-11H,4H2,1-3H3/b8-6+. The van der Waals surface area contributed by atoms with Crippen molar-refractivity contribution in [2.75, 3.05) is 20.8 Å². The number of carbonyl (C=O) groups excluding carboxylic acids is 1. The van der Waals surface area contributed by atoms with Crippen molar-refractivity contribution in [1.29, 1.82) is 0 Å². The lowest BCUT2D eigenvalue weighted by Gasteiger charge is -2.11. The van der Waals surface area contributed by atoms with Gasteiger partial charge in [0.2, 0.25) is 0 Å². The monoisotopic (exact) mass is 380 g/mol. The molecule has 0 saturated heterocycles. The predicted molar refractivity (Wildman–Crippen MR) is 101 cm³/mol. The van der Waals surface area contributed by atoms with Crippen LogP contribution in [0.15, 0.2) is 36.4 Å². The number of ketones is 1. The Labute approximate surface area is 156 Å². The molecule has 2 rings (SSSR count). The molecule has 0 heterocycles. The number of ether oxygens (including phenoxy) is 3. The molecule has 25 heavy (non-hydrogen) atoms. The van der Waals surface area contributed by atoms with Gasteiger partial charge in [0.25, 0.3) is 0 Å². The van der Waals surface area contributed by atoms with Crippen LogP contribution in [-0.2, 0) is 0 Å². The lowest BCUT2D eigenvalue weighted by Crippen LogP contribution is -2.02. The first-order valence-corrected chi connectivity index (χ1v) is 8.32. The van der Waals surface area contributed by atoms with Gasteiger partial charge in [-0.1, -0.05) is 23.2 Å². The maximum absolute atomic E-state index is 12.6. The molecule has 2 aromatic rings. The zero-order valence-corrected chi connectivity index (χ0v) is 15.6. The Morgan fingerprint density at radius 1 is 1.12 bits per heavy atom. The minimum absolute atomic E-state index is 0.272. The van der Waals surface area contributed by atoms with Crippen molar-refractivity contribution in [1.82, 2.24) is 0 Å². The van der Waals surface area contributed by atoms with Gasteiger partial charge in [-0.25, -0.2) is 0 Å². The van der Waals surface area contributed by atoms with E-state index in [4.69, 9.17) is 37.4 Å². The van der Waals surface area contributed by atoms with Crippen molar-refractivity contribution in [3.8, 4) is 17.2 Å². The predicted octanol–water partition coefficient (Wildman–Crippen LogP) is 5.31. The number of methoxy groups -OCH3 is 2. The van der Waals surface area contributed by atoms with Crippen molar-refractivity contribution in [3.63, 3.8) is 0 Å². The zero-order chi connectivity index (χ0) is 18.4. The molecule has 0 fully saturated rings. The minimum Gasteiger partial charge on any atom is -0.497 e. The van der Waals surface area contributed by atoms with E-state index >= 15 is 0 Å². The summed E-state index contributed by atoms with van der Waals surface area (Å²) in [6, 6.07) is 8.41. The Morgan fingerprint density at radius 3 is 2.52 bits per heavy atom. The van der Waals surface area contributed by atoms with Crippen LogP contribution in [0.5, 0.6) is 17.2 Å². The molecule has 132 valence electrons. The summed E-state index contributed by atoms with van der Waals surface area (Å²) in [5, 5.41) is 0.667. The van der Waals surface area contributed by atoms with Gasteiger partial charge in [-0.2, -0.15) is 0 Å². The Kier molecular flexibility index (Phi) is 6.73. The molecule has 0 radical (unpaired) electrons. The first-order chi connectivity index (χ1) is 12.0. The number of hydrogen-bond donors (Lipinski definition) is 0. The highest BCUT2D eigenvalue weighted by atomic mass is 35.5. The molecule has 2 aromatic carbocycles. The van der Waals surface area contributed by atoms with Crippen molar-refractivity contribution < 1.29 is 19.0 Å². The quantitative estimate of drug-likeness (QED) is 0.482. The van der Waals surface area contributed by atoms with Crippen molar-refractivity contribution in [3.05, 3.63) is 57.6 Å². The highest BCUT2D eigenvalue weighted by molar-refractivity contribution is 6.36. The lowest BCUT2D eigenvalue weighted by atomic mass is 10.1. The topological polar surface area (TPSA) is 44.8 Å². The number of allylic oxidation sites excluding steroid dienone is 1. The van der Waals surface area contributed by atoms with E-state index in [0.717, 1.165) is 5.56 Å². The van der Waals surface area contributed by atoms with Crippen LogP contribution in [0.4, 0.5) is 0 Å². The molecule has 0 amide bonds. The van der Waals surface area contributed by atoms with Crippen LogP contribution in [0.25, 0.3) is 6.08 Å². The summed E-state index contributed by atoms with van der Waals surface area (Å²) in [7, 11) is 3.13. The smallest absolute Gasteiger partial charge is 0.189 e. The first-order valence-electron chi connectivity index (χ1n) is 7.56. The molecule has 0 bridgehead atoms. The zero-order valence-electron chi connectivity index (χ0n) is 14.1. The molecule has 0 N–H and O–H groups in total. The van der Waals surface area contributed by atoms with Crippen LogP contribution in [0.3, 0.4) is 0 Å². The largest absolute Gasteiger partial charge is 0.497 e. The molecule has 0 unspecified atom stereocenters. The van der Waals surface area contributed by atoms with Gasteiger partial charge in [-0.15, -0.1) is 0 Å². The highest BCUT2D eigenvalue weighted by Gasteiger charge is 2.15. The van der Waals surface area contributed by atoms with Gasteiger partial charge >= 0.3 is 0 Å². The van der Waals surface area contributed by atoms with Crippen LogP contribution in [-0.4, -0.2) is 26.6 Å². The third-order valence-electron chi connectivity index (χ3n) is 3.42. The van der Waals surface area contributed by atoms with E-state index in [1.54, 1.807) is 44.6 Å². The molecule has 0 spiro atoms. The summed E-state index contributed by atoms with van der Waals surface area (Å²) >= 11 is 12.2. The van der Waals surface area contributed by atoms with E-state index < -0.39 is 0 Å². The van der Waals surface area contributed by atoms with E-state index in [-0.39, 0.29) is 5.78 Å². The number of benzene rings is 2. The Balaban J connectivity index is 2.35. The van der Waals surface area contributed by atoms with Crippen molar-refractivity contribution >= 4 is 35.1 Å². The van der Waals surface area contributed by atoms with Crippen LogP contribution in [0, 0.1) is 0 Å². The molecular weight excluding hydrogens is 363 g/mol. The molecular formula is C19H18Cl2O4. The van der Waals surface area contributed by atoms with Gasteiger partial charge in [-0.05, 0) is 43.3 Å². The number of rotatable bonds is 7. The highest BCUT2D eigenvalue weighted by Crippen LogP contribution is 2.33. The Morgan fingerprint density at radius 2 is 1.88 bits per heavy atom. The minimum atomic E-state index is -0.272. The van der Waals surface area contributed by atoms with Crippen LogP contribution in [0.2, 0.25) is 10.0 Å². The van der Waals surface area contributed by atoms with Gasteiger partial charge in [0.05, 0.1) is 31.4 Å². The average Bonchev–Trinajstić information content (AvgIpc) is 2.61. The van der Waals surface area contributed by atoms with E-state index in [0.29, 0.717) is 39.5 Å². The summed E-state index contributed by atoms with van der Waals surface area (Å²) < 4.78 is 16.0. The molecule has 0 aliphatic rings. The third-order valence-corrected chi connectivity index (χ3v) is 3.92. The van der Waals surface area contributed by atoms with Gasteiger partial charge in [-0.3, -0.25) is 4.79 Å². The molecule has 0 aliphatic carbocycles. The van der Waals surface area contributed by atoms with E-state index in [2.05, 4.69) is 0 Å². The van der Waals surface area contributed by atoms with E-state index in [1.165, 1.54) is 12.1 Å². The summed E-state index contributed by atoms with van der Waals surface area (Å²) in [6.45, 7) is 2.20. The maximum atomic E-state index is 12.6. The van der Waals surface area contributed by atoms with Crippen LogP contribution in [0.1, 0.15) is 22.8 Å². The van der Waals surface area contributed by atoms with E-state index in [1.807, 2.05) is 6.92 Å². The maximum Gasteiger partial charge on any atom is 0.189 e. The molecule has 0 aliphatic heterocycles. The number of halogens is 2. The molecule has 0 aromatic heterocycles. The SMILES string of the molecule is CCOc1c(Cl)cc(Cl)cc1C(=O)/C=C/c1ccc(OC)cc1OC. The van der Waals surface area contributed by atoms with Gasteiger partial charge in [0, 0.05) is 16.7 Å². The third kappa shape index (κ3) is 4.68. The van der Waals surface area contributed by atoms with Crippen molar-refractivity contribution in [2.45, 2.75) is 6.92 Å². The second-order valence-electron chi connectivity index (χ2n) is 5.00.